The van der Waals surface area contributed by atoms with Crippen LogP contribution in [0.4, 0.5) is 0 Å². The molecule has 0 saturated heterocycles. The first-order valence-electron chi connectivity index (χ1n) is 4.34. The molecule has 0 spiro atoms. The maximum atomic E-state index is 10.8. The molecule has 0 radical (unpaired) electrons. The van der Waals surface area contributed by atoms with Gasteiger partial charge in [-0.05, 0) is 20.1 Å². The lowest BCUT2D eigenvalue weighted by molar-refractivity contribution is -0.120. The molecular weight excluding hydrogens is 154 g/mol. The highest BCUT2D eigenvalue weighted by molar-refractivity contribution is 5.80. The number of nitrogens with two attached hydrogens (primary N) is 1. The van der Waals surface area contributed by atoms with Crippen molar-refractivity contribution in [3.63, 3.8) is 0 Å². The molecule has 0 aliphatic carbocycles. The van der Waals surface area contributed by atoms with Gasteiger partial charge in [0.05, 0.1) is 6.04 Å². The van der Waals surface area contributed by atoms with Gasteiger partial charge in [-0.2, -0.15) is 0 Å². The molecule has 0 aromatic heterocycles. The Kier molecular flexibility index (Phi) is 5.66. The molecule has 0 saturated carbocycles. The zero-order chi connectivity index (χ0) is 9.56. The Labute approximate surface area is 74.1 Å². The van der Waals surface area contributed by atoms with Crippen LogP contribution in [-0.4, -0.2) is 43.5 Å². The van der Waals surface area contributed by atoms with Gasteiger partial charge in [0.15, 0.2) is 0 Å². The number of nitrogens with one attached hydrogen (secondary N) is 1. The van der Waals surface area contributed by atoms with Gasteiger partial charge in [-0.25, -0.2) is 0 Å². The van der Waals surface area contributed by atoms with E-state index in [1.807, 2.05) is 0 Å². The van der Waals surface area contributed by atoms with E-state index in [1.165, 1.54) is 0 Å². The minimum Gasteiger partial charge on any atom is -0.368 e. The Morgan fingerprint density at radius 3 is 2.25 bits per heavy atom. The molecule has 4 heteroatoms. The molecule has 0 heterocycles. The fraction of sp³-hybridized carbons (Fsp3) is 0.875. The molecule has 0 aromatic rings. The van der Waals surface area contributed by atoms with Crippen molar-refractivity contribution in [3.8, 4) is 0 Å². The Bertz CT molecular complexity index is 134. The summed E-state index contributed by atoms with van der Waals surface area (Å²) in [6.45, 7) is 6.72. The first-order chi connectivity index (χ1) is 5.65. The Morgan fingerprint density at radius 1 is 1.50 bits per heavy atom. The number of likely N-dealkylation sites (N-methyl/N-ethyl adjacent to an activating group) is 2. The van der Waals surface area contributed by atoms with Crippen molar-refractivity contribution in [2.24, 2.45) is 5.73 Å². The summed E-state index contributed by atoms with van der Waals surface area (Å²) in [5.74, 6) is -0.288. The summed E-state index contributed by atoms with van der Waals surface area (Å²) < 4.78 is 0. The maximum Gasteiger partial charge on any atom is 0.235 e. The highest BCUT2D eigenvalue weighted by Gasteiger charge is 2.14. The Morgan fingerprint density at radius 2 is 2.00 bits per heavy atom. The van der Waals surface area contributed by atoms with Crippen molar-refractivity contribution in [1.82, 2.24) is 10.2 Å². The molecule has 0 bridgehead atoms. The van der Waals surface area contributed by atoms with E-state index in [1.54, 1.807) is 7.05 Å². The van der Waals surface area contributed by atoms with Crippen LogP contribution >= 0.6 is 0 Å². The largest absolute Gasteiger partial charge is 0.368 e. The van der Waals surface area contributed by atoms with Gasteiger partial charge in [-0.1, -0.05) is 13.8 Å². The van der Waals surface area contributed by atoms with E-state index in [0.29, 0.717) is 6.54 Å². The predicted molar refractivity (Wildman–Crippen MR) is 49.8 cm³/mol. The minimum atomic E-state index is -0.288. The van der Waals surface area contributed by atoms with Crippen molar-refractivity contribution in [2.75, 3.05) is 26.7 Å². The van der Waals surface area contributed by atoms with Gasteiger partial charge in [0.1, 0.15) is 0 Å². The number of amides is 1. The van der Waals surface area contributed by atoms with Crippen LogP contribution in [0, 0.1) is 0 Å². The van der Waals surface area contributed by atoms with Crippen LogP contribution in [0.15, 0.2) is 0 Å². The van der Waals surface area contributed by atoms with Gasteiger partial charge in [0, 0.05) is 6.54 Å². The lowest BCUT2D eigenvalue weighted by atomic mass is 10.2. The fourth-order valence-electron chi connectivity index (χ4n) is 1.06. The zero-order valence-corrected chi connectivity index (χ0v) is 8.13. The van der Waals surface area contributed by atoms with E-state index in [4.69, 9.17) is 5.73 Å². The molecular formula is C8H19N3O. The molecule has 0 aliphatic heterocycles. The SMILES string of the molecule is CCN(CC)C[C@H](NC)C(N)=O. The lowest BCUT2D eigenvalue weighted by Crippen LogP contribution is -2.47. The number of hydrogen-bond acceptors (Lipinski definition) is 3. The summed E-state index contributed by atoms with van der Waals surface area (Å²) in [5.41, 5.74) is 5.18. The van der Waals surface area contributed by atoms with E-state index in [9.17, 15) is 4.79 Å². The second-order valence-corrected chi connectivity index (χ2v) is 2.73. The van der Waals surface area contributed by atoms with Crippen LogP contribution in [0.2, 0.25) is 0 Å². The zero-order valence-electron chi connectivity index (χ0n) is 8.13. The van der Waals surface area contributed by atoms with Crippen molar-refractivity contribution in [3.05, 3.63) is 0 Å². The third-order valence-electron chi connectivity index (χ3n) is 2.03. The average molecular weight is 173 g/mol. The van der Waals surface area contributed by atoms with Gasteiger partial charge in [-0.3, -0.25) is 4.79 Å². The first-order valence-corrected chi connectivity index (χ1v) is 4.34. The first kappa shape index (κ1) is 11.4. The Balaban J connectivity index is 3.91. The molecule has 1 amide bonds. The van der Waals surface area contributed by atoms with Gasteiger partial charge in [0.2, 0.25) is 5.91 Å². The molecule has 0 fully saturated rings. The van der Waals surface area contributed by atoms with Crippen molar-refractivity contribution < 1.29 is 4.79 Å². The number of carbonyl (C=O) groups excluding carboxylic acids is 1. The van der Waals surface area contributed by atoms with E-state index >= 15 is 0 Å². The number of primary amides is 1. The molecule has 0 aromatic carbocycles. The second-order valence-electron chi connectivity index (χ2n) is 2.73. The second kappa shape index (κ2) is 5.97. The summed E-state index contributed by atoms with van der Waals surface area (Å²) in [6, 6.07) is -0.232. The number of nitrogens with zero attached hydrogens (tertiary/aromatic N) is 1. The average Bonchev–Trinajstić information content (AvgIpc) is 2.06. The normalized spacial score (nSPS) is 13.3. The van der Waals surface area contributed by atoms with E-state index in [0.717, 1.165) is 13.1 Å². The minimum absolute atomic E-state index is 0.232. The number of hydrogen-bond donors (Lipinski definition) is 2. The Hall–Kier alpha value is -0.610. The third-order valence-corrected chi connectivity index (χ3v) is 2.03. The number of carbonyl (C=O) groups is 1. The van der Waals surface area contributed by atoms with E-state index in [-0.39, 0.29) is 11.9 Å². The molecule has 0 rings (SSSR count). The molecule has 4 nitrogen and oxygen atoms in total. The van der Waals surface area contributed by atoms with Gasteiger partial charge in [0.25, 0.3) is 0 Å². The summed E-state index contributed by atoms with van der Waals surface area (Å²) in [5, 5.41) is 2.88. The molecule has 12 heavy (non-hydrogen) atoms. The summed E-state index contributed by atoms with van der Waals surface area (Å²) in [6.07, 6.45) is 0. The topological polar surface area (TPSA) is 58.4 Å². The molecule has 3 N–H and O–H groups in total. The lowest BCUT2D eigenvalue weighted by Gasteiger charge is -2.22. The van der Waals surface area contributed by atoms with Crippen LogP contribution in [0.25, 0.3) is 0 Å². The summed E-state index contributed by atoms with van der Waals surface area (Å²) in [7, 11) is 1.75. The molecule has 0 unspecified atom stereocenters. The number of rotatable bonds is 6. The monoisotopic (exact) mass is 173 g/mol. The maximum absolute atomic E-state index is 10.8. The van der Waals surface area contributed by atoms with Gasteiger partial charge in [-0.15, -0.1) is 0 Å². The highest BCUT2D eigenvalue weighted by Crippen LogP contribution is 1.90. The summed E-state index contributed by atoms with van der Waals surface area (Å²) >= 11 is 0. The van der Waals surface area contributed by atoms with Gasteiger partial charge >= 0.3 is 0 Å². The standard InChI is InChI=1S/C8H19N3O/c1-4-11(5-2)6-7(10-3)8(9)12/h7,10H,4-6H2,1-3H3,(H2,9,12)/t7-/m0/s1. The molecule has 1 atom stereocenters. The van der Waals surface area contributed by atoms with Crippen LogP contribution in [0.3, 0.4) is 0 Å². The fourth-order valence-corrected chi connectivity index (χ4v) is 1.06. The molecule has 0 aliphatic rings. The predicted octanol–water partition coefficient (Wildman–Crippen LogP) is -0.598. The van der Waals surface area contributed by atoms with Gasteiger partial charge < -0.3 is 16.0 Å². The van der Waals surface area contributed by atoms with Crippen molar-refractivity contribution in [2.45, 2.75) is 19.9 Å². The van der Waals surface area contributed by atoms with E-state index in [2.05, 4.69) is 24.1 Å². The van der Waals surface area contributed by atoms with Crippen molar-refractivity contribution >= 4 is 5.91 Å². The van der Waals surface area contributed by atoms with Crippen LogP contribution < -0.4 is 11.1 Å². The smallest absolute Gasteiger partial charge is 0.235 e. The summed E-state index contributed by atoms with van der Waals surface area (Å²) in [4.78, 5) is 13.0. The van der Waals surface area contributed by atoms with E-state index < -0.39 is 0 Å². The van der Waals surface area contributed by atoms with Crippen LogP contribution in [0.1, 0.15) is 13.8 Å². The van der Waals surface area contributed by atoms with Crippen molar-refractivity contribution in [1.29, 1.82) is 0 Å². The van der Waals surface area contributed by atoms with Crippen LogP contribution in [-0.2, 0) is 4.79 Å². The highest BCUT2D eigenvalue weighted by atomic mass is 16.1. The quantitative estimate of drug-likeness (QED) is 0.564. The molecule has 72 valence electrons. The third kappa shape index (κ3) is 3.69. The van der Waals surface area contributed by atoms with Crippen LogP contribution in [0.5, 0.6) is 0 Å².